The molecule has 0 amide bonds. The summed E-state index contributed by atoms with van der Waals surface area (Å²) in [4.78, 5) is 17.0. The van der Waals surface area contributed by atoms with Gasteiger partial charge in [0.2, 0.25) is 0 Å². The number of nitrogens with zero attached hydrogens (tertiary/aromatic N) is 1. The van der Waals surface area contributed by atoms with Crippen molar-refractivity contribution in [2.24, 2.45) is 4.99 Å². The van der Waals surface area contributed by atoms with E-state index < -0.39 is 0 Å². The third kappa shape index (κ3) is 3.00. The van der Waals surface area contributed by atoms with Gasteiger partial charge in [0.05, 0.1) is 0 Å². The van der Waals surface area contributed by atoms with Crippen LogP contribution in [0.25, 0.3) is 0 Å². The van der Waals surface area contributed by atoms with E-state index in [0.717, 1.165) is 43.4 Å². The number of hydrogen-bond acceptors (Lipinski definition) is 2. The predicted molar refractivity (Wildman–Crippen MR) is 82.9 cm³/mol. The van der Waals surface area contributed by atoms with Crippen molar-refractivity contribution in [2.75, 3.05) is 0 Å². The Balaban J connectivity index is 2.03. The molecule has 1 saturated carbocycles. The van der Waals surface area contributed by atoms with Gasteiger partial charge < -0.3 is 0 Å². The van der Waals surface area contributed by atoms with Gasteiger partial charge in [-0.2, -0.15) is 0 Å². The first-order chi connectivity index (χ1) is 9.84. The maximum atomic E-state index is 12.4. The van der Waals surface area contributed by atoms with Crippen molar-refractivity contribution in [3.63, 3.8) is 0 Å². The Morgan fingerprint density at radius 2 is 1.65 bits per heavy atom. The minimum atomic E-state index is 0.348. The molecular formula is C18H23NO. The van der Waals surface area contributed by atoms with Crippen molar-refractivity contribution in [3.05, 3.63) is 34.6 Å². The Morgan fingerprint density at radius 1 is 0.850 bits per heavy atom. The molecule has 0 radical (unpaired) electrons. The molecule has 0 aromatic rings. The summed E-state index contributed by atoms with van der Waals surface area (Å²) >= 11 is 0. The molecule has 0 atom stereocenters. The van der Waals surface area contributed by atoms with E-state index in [1.807, 2.05) is 6.21 Å². The standard InChI is InChI=1S/C18H23NO/c20-17-10-6-8-14-11-12-19-16-9-5-3-1-2-4-7-15(13-16)18(14)17/h11-13H,1-10H2/b12-11?,14-11-,15-13?,16-13-,18-15+,19-12-,19-16?. The smallest absolute Gasteiger partial charge is 0.163 e. The molecular weight excluding hydrogens is 246 g/mol. The summed E-state index contributed by atoms with van der Waals surface area (Å²) in [6, 6.07) is 0. The molecule has 1 fully saturated rings. The average Bonchev–Trinajstić information content (AvgIpc) is 2.43. The molecule has 0 unspecified atom stereocenters. The molecule has 3 rings (SSSR count). The monoisotopic (exact) mass is 269 g/mol. The lowest BCUT2D eigenvalue weighted by atomic mass is 9.82. The molecule has 0 N–H and O–H groups in total. The van der Waals surface area contributed by atoms with Crippen LogP contribution in [0, 0.1) is 0 Å². The number of carbonyl (C=O) groups excluding carboxylic acids is 1. The number of allylic oxidation sites excluding steroid dienone is 6. The van der Waals surface area contributed by atoms with E-state index in [9.17, 15) is 4.79 Å². The minimum absolute atomic E-state index is 0.348. The van der Waals surface area contributed by atoms with Crippen molar-refractivity contribution in [2.45, 2.75) is 64.2 Å². The zero-order valence-electron chi connectivity index (χ0n) is 12.2. The van der Waals surface area contributed by atoms with Gasteiger partial charge in [-0.1, -0.05) is 19.3 Å². The van der Waals surface area contributed by atoms with Crippen LogP contribution in [-0.2, 0) is 4.79 Å². The average molecular weight is 269 g/mol. The van der Waals surface area contributed by atoms with Crippen molar-refractivity contribution >= 4 is 12.0 Å². The maximum absolute atomic E-state index is 12.4. The molecule has 3 aliphatic rings. The highest BCUT2D eigenvalue weighted by Gasteiger charge is 2.23. The van der Waals surface area contributed by atoms with Gasteiger partial charge in [-0.15, -0.1) is 0 Å². The van der Waals surface area contributed by atoms with Gasteiger partial charge in [-0.05, 0) is 61.8 Å². The lowest BCUT2D eigenvalue weighted by Crippen LogP contribution is -2.15. The topological polar surface area (TPSA) is 29.4 Å². The van der Waals surface area contributed by atoms with Crippen LogP contribution in [0.2, 0.25) is 0 Å². The lowest BCUT2D eigenvalue weighted by molar-refractivity contribution is -0.115. The predicted octanol–water partition coefficient (Wildman–Crippen LogP) is 4.68. The largest absolute Gasteiger partial charge is 0.294 e. The molecule has 1 aliphatic heterocycles. The van der Waals surface area contributed by atoms with Crippen molar-refractivity contribution in [1.82, 2.24) is 0 Å². The third-order valence-corrected chi connectivity index (χ3v) is 4.51. The first-order valence-corrected chi connectivity index (χ1v) is 8.05. The van der Waals surface area contributed by atoms with Gasteiger partial charge in [0.15, 0.2) is 5.78 Å². The molecule has 106 valence electrons. The highest BCUT2D eigenvalue weighted by Crippen LogP contribution is 2.33. The van der Waals surface area contributed by atoms with E-state index in [0.29, 0.717) is 5.78 Å². The molecule has 0 saturated heterocycles. The van der Waals surface area contributed by atoms with Gasteiger partial charge in [-0.25, -0.2) is 0 Å². The van der Waals surface area contributed by atoms with Gasteiger partial charge in [0.1, 0.15) is 0 Å². The molecule has 1 heterocycles. The van der Waals surface area contributed by atoms with Gasteiger partial charge in [0.25, 0.3) is 0 Å². The third-order valence-electron chi connectivity index (χ3n) is 4.51. The summed E-state index contributed by atoms with van der Waals surface area (Å²) in [6.07, 6.45) is 17.3. The van der Waals surface area contributed by atoms with Crippen molar-refractivity contribution < 1.29 is 4.79 Å². The molecule has 0 spiro atoms. The minimum Gasteiger partial charge on any atom is -0.294 e. The molecule has 2 aliphatic carbocycles. The van der Waals surface area contributed by atoms with E-state index in [1.54, 1.807) is 0 Å². The van der Waals surface area contributed by atoms with Gasteiger partial charge in [-0.3, -0.25) is 9.79 Å². The molecule has 2 nitrogen and oxygen atoms in total. The highest BCUT2D eigenvalue weighted by molar-refractivity contribution is 6.03. The summed E-state index contributed by atoms with van der Waals surface area (Å²) in [5, 5.41) is 0. The van der Waals surface area contributed by atoms with Crippen LogP contribution in [0.4, 0.5) is 0 Å². The second-order valence-corrected chi connectivity index (χ2v) is 6.05. The number of hydrogen-bond donors (Lipinski definition) is 0. The van der Waals surface area contributed by atoms with E-state index in [-0.39, 0.29) is 0 Å². The second-order valence-electron chi connectivity index (χ2n) is 6.05. The molecule has 2 heteroatoms. The summed E-state index contributed by atoms with van der Waals surface area (Å²) in [6.45, 7) is 0. The summed E-state index contributed by atoms with van der Waals surface area (Å²) in [5.41, 5.74) is 4.66. The summed E-state index contributed by atoms with van der Waals surface area (Å²) in [7, 11) is 0. The maximum Gasteiger partial charge on any atom is 0.163 e. The van der Waals surface area contributed by atoms with Crippen molar-refractivity contribution in [1.29, 1.82) is 0 Å². The van der Waals surface area contributed by atoms with Gasteiger partial charge >= 0.3 is 0 Å². The van der Waals surface area contributed by atoms with Crippen LogP contribution in [0.15, 0.2) is 39.6 Å². The van der Waals surface area contributed by atoms with E-state index in [1.165, 1.54) is 43.3 Å². The fourth-order valence-corrected chi connectivity index (χ4v) is 3.44. The molecule has 2 bridgehead atoms. The van der Waals surface area contributed by atoms with E-state index in [2.05, 4.69) is 17.1 Å². The molecule has 20 heavy (non-hydrogen) atoms. The number of ketones is 1. The summed E-state index contributed by atoms with van der Waals surface area (Å²) in [5.74, 6) is 0.348. The lowest BCUT2D eigenvalue weighted by Gasteiger charge is -2.22. The summed E-state index contributed by atoms with van der Waals surface area (Å²) < 4.78 is 0. The number of Topliss-reactive ketones (excluding diaryl/α,β-unsaturated/α-hetero) is 1. The molecule has 0 aromatic heterocycles. The first kappa shape index (κ1) is 13.5. The Bertz CT molecular complexity index is 520. The Morgan fingerprint density at radius 3 is 2.55 bits per heavy atom. The van der Waals surface area contributed by atoms with Crippen LogP contribution in [0.1, 0.15) is 64.2 Å². The SMILES string of the molecule is O=C1CCC/C2=C/C=N\C3=C/C(=C/12)CCCCCCC3. The Kier molecular flexibility index (Phi) is 4.29. The van der Waals surface area contributed by atoms with Crippen LogP contribution < -0.4 is 0 Å². The fourth-order valence-electron chi connectivity index (χ4n) is 3.44. The number of fused-ring (bicyclic) bond motifs is 2. The second kappa shape index (κ2) is 6.34. The van der Waals surface area contributed by atoms with Crippen LogP contribution in [0.5, 0.6) is 0 Å². The number of rotatable bonds is 0. The van der Waals surface area contributed by atoms with Gasteiger partial charge in [0, 0.05) is 23.9 Å². The normalized spacial score (nSPS) is 34.7. The zero-order valence-corrected chi connectivity index (χ0v) is 12.2. The number of aliphatic imine (C=N–C) groups is 1. The number of carbonyl (C=O) groups is 1. The van der Waals surface area contributed by atoms with E-state index >= 15 is 0 Å². The quantitative estimate of drug-likeness (QED) is 0.628. The van der Waals surface area contributed by atoms with E-state index in [4.69, 9.17) is 0 Å². The fraction of sp³-hybridized carbons (Fsp3) is 0.556. The Labute approximate surface area is 121 Å². The zero-order chi connectivity index (χ0) is 13.8. The van der Waals surface area contributed by atoms with Crippen molar-refractivity contribution in [3.8, 4) is 0 Å². The van der Waals surface area contributed by atoms with Crippen LogP contribution in [-0.4, -0.2) is 12.0 Å². The van der Waals surface area contributed by atoms with Crippen LogP contribution in [0.3, 0.4) is 0 Å². The molecule has 0 aromatic carbocycles. The highest BCUT2D eigenvalue weighted by atomic mass is 16.1. The Hall–Kier alpha value is -1.44. The first-order valence-electron chi connectivity index (χ1n) is 8.05. The van der Waals surface area contributed by atoms with Crippen LogP contribution >= 0.6 is 0 Å².